The molecule has 0 spiro atoms. The average molecular weight is 628 g/mol. The number of carbonyl (C=O) groups is 8. The van der Waals surface area contributed by atoms with Crippen molar-refractivity contribution in [2.75, 3.05) is 32.0 Å². The van der Waals surface area contributed by atoms with E-state index in [1.165, 1.54) is 12.5 Å². The molecule has 1 aliphatic rings. The van der Waals surface area contributed by atoms with Crippen molar-refractivity contribution in [3.63, 3.8) is 0 Å². The number of thiol groups is 1. The molecule has 1 aliphatic heterocycles. The van der Waals surface area contributed by atoms with Crippen LogP contribution in [0.4, 0.5) is 0 Å². The number of imidazole rings is 1. The third kappa shape index (κ3) is 11.0. The molecule has 20 heteroatoms. The van der Waals surface area contributed by atoms with Gasteiger partial charge in [-0.05, 0) is 6.92 Å². The molecular formula is C23H33N9O10S. The summed E-state index contributed by atoms with van der Waals surface area (Å²) < 4.78 is 0. The van der Waals surface area contributed by atoms with E-state index in [4.69, 9.17) is 0 Å². The summed E-state index contributed by atoms with van der Waals surface area (Å²) in [5, 5.41) is 33.5. The summed E-state index contributed by atoms with van der Waals surface area (Å²) in [5.41, 5.74) is 0.381. The van der Waals surface area contributed by atoms with Gasteiger partial charge in [0.05, 0.1) is 32.6 Å². The number of Topliss-reactive ketones (excluding diaryl/α,β-unsaturated/α-hetero) is 1. The van der Waals surface area contributed by atoms with Gasteiger partial charge < -0.3 is 42.0 Å². The van der Waals surface area contributed by atoms with Crippen LogP contribution in [0.25, 0.3) is 0 Å². The van der Waals surface area contributed by atoms with Crippen molar-refractivity contribution in [3.05, 3.63) is 18.2 Å². The Labute approximate surface area is 249 Å². The second kappa shape index (κ2) is 16.8. The number of ketones is 1. The largest absolute Gasteiger partial charge is 0.394 e. The van der Waals surface area contributed by atoms with Gasteiger partial charge in [-0.25, -0.2) is 10.0 Å². The van der Waals surface area contributed by atoms with E-state index in [0.717, 1.165) is 6.92 Å². The number of hydroxylamine groups is 2. The van der Waals surface area contributed by atoms with Crippen molar-refractivity contribution in [1.29, 1.82) is 0 Å². The summed E-state index contributed by atoms with van der Waals surface area (Å²) in [7, 11) is 0. The standard InChI is InChI=1S/C23H33N9O10S/c1-11(34)2-14-23(41)32(42)16(8-33)22(40)27-5-17(35)25-6-18(36)30-15(9-43)20(38)26-7-19(37)29-13(21(39)31-14)3-12-4-24-10-28-12/h4,10,13-16,33,42-43H,2-3,5-9H2,1H3,(H,24,28)(H,25,35)(H,26,38)(H,27,40)(H,29,37)(H,30,36)(H,31,39)/t13-,14-,15-,16-/m0/s1. The van der Waals surface area contributed by atoms with Crippen LogP contribution >= 0.6 is 12.6 Å². The lowest BCUT2D eigenvalue weighted by atomic mass is 10.1. The number of aromatic amines is 1. The fourth-order valence-corrected chi connectivity index (χ4v) is 3.93. The monoisotopic (exact) mass is 627 g/mol. The summed E-state index contributed by atoms with van der Waals surface area (Å²) >= 11 is 4.01. The van der Waals surface area contributed by atoms with Crippen LogP contribution in [0.1, 0.15) is 19.0 Å². The van der Waals surface area contributed by atoms with Gasteiger partial charge in [-0.15, -0.1) is 0 Å². The molecule has 0 bridgehead atoms. The predicted octanol–water partition coefficient (Wildman–Crippen LogP) is -5.74. The van der Waals surface area contributed by atoms with Crippen LogP contribution < -0.4 is 31.9 Å². The zero-order valence-corrected chi connectivity index (χ0v) is 23.8. The zero-order chi connectivity index (χ0) is 32.1. The van der Waals surface area contributed by atoms with Crippen molar-refractivity contribution in [2.24, 2.45) is 0 Å². The van der Waals surface area contributed by atoms with Crippen LogP contribution in [-0.2, 0) is 44.8 Å². The number of carbonyl (C=O) groups excluding carboxylic acids is 8. The Bertz CT molecular complexity index is 1210. The highest BCUT2D eigenvalue weighted by Gasteiger charge is 2.36. The Hall–Kier alpha value is -4.56. The van der Waals surface area contributed by atoms with Gasteiger partial charge in [0.15, 0.2) is 6.04 Å². The molecule has 1 aromatic rings. The van der Waals surface area contributed by atoms with Crippen molar-refractivity contribution in [2.45, 2.75) is 43.9 Å². The lowest BCUT2D eigenvalue weighted by molar-refractivity contribution is -0.185. The lowest BCUT2D eigenvalue weighted by Gasteiger charge is -2.28. The maximum atomic E-state index is 13.3. The number of aliphatic hydroxyl groups excluding tert-OH is 1. The fraction of sp³-hybridized carbons (Fsp3) is 0.522. The molecule has 236 valence electrons. The van der Waals surface area contributed by atoms with Crippen molar-refractivity contribution in [1.82, 2.24) is 46.9 Å². The molecule has 4 atom stereocenters. The number of nitrogens with one attached hydrogen (secondary N) is 7. The van der Waals surface area contributed by atoms with Crippen molar-refractivity contribution >= 4 is 59.8 Å². The Morgan fingerprint density at radius 3 is 2.07 bits per heavy atom. The molecule has 0 aliphatic carbocycles. The van der Waals surface area contributed by atoms with Gasteiger partial charge in [0.25, 0.3) is 5.91 Å². The molecule has 19 nitrogen and oxygen atoms in total. The summed E-state index contributed by atoms with van der Waals surface area (Å²) in [5.74, 6) is -7.66. The van der Waals surface area contributed by atoms with E-state index < -0.39 is 104 Å². The Balaban J connectivity index is 2.39. The van der Waals surface area contributed by atoms with Crippen molar-refractivity contribution in [3.8, 4) is 0 Å². The van der Waals surface area contributed by atoms with E-state index in [2.05, 4.69) is 54.5 Å². The Morgan fingerprint density at radius 1 is 0.884 bits per heavy atom. The highest BCUT2D eigenvalue weighted by Crippen LogP contribution is 2.07. The van der Waals surface area contributed by atoms with Crippen LogP contribution in [-0.4, -0.2) is 129 Å². The van der Waals surface area contributed by atoms with E-state index in [0.29, 0.717) is 5.69 Å². The molecule has 0 saturated carbocycles. The van der Waals surface area contributed by atoms with Crippen LogP contribution in [0, 0.1) is 0 Å². The Morgan fingerprint density at radius 2 is 1.49 bits per heavy atom. The summed E-state index contributed by atoms with van der Waals surface area (Å²) in [4.78, 5) is 107. The quantitative estimate of drug-likeness (QED) is 0.105. The maximum Gasteiger partial charge on any atom is 0.269 e. The normalized spacial score (nSPS) is 24.0. The molecule has 0 radical (unpaired) electrons. The van der Waals surface area contributed by atoms with E-state index in [1.54, 1.807) is 0 Å². The lowest BCUT2D eigenvalue weighted by Crippen LogP contribution is -2.59. The first kappa shape index (κ1) is 34.6. The van der Waals surface area contributed by atoms with Crippen LogP contribution in [0.2, 0.25) is 0 Å². The van der Waals surface area contributed by atoms with Crippen LogP contribution in [0.15, 0.2) is 12.5 Å². The fourth-order valence-electron chi connectivity index (χ4n) is 3.67. The van der Waals surface area contributed by atoms with E-state index in [-0.39, 0.29) is 17.2 Å². The first-order valence-corrected chi connectivity index (χ1v) is 13.4. The minimum absolute atomic E-state index is 0.181. The molecule has 2 heterocycles. The minimum atomic E-state index is -1.96. The number of hydrogen-bond donors (Lipinski definition) is 10. The molecular weight excluding hydrogens is 594 g/mol. The number of H-pyrrole nitrogens is 1. The third-order valence-electron chi connectivity index (χ3n) is 5.86. The number of rotatable bonds is 6. The number of amides is 7. The topological polar surface area (TPSA) is 281 Å². The molecule has 1 fully saturated rings. The van der Waals surface area contributed by atoms with E-state index >= 15 is 0 Å². The van der Waals surface area contributed by atoms with Gasteiger partial charge in [-0.3, -0.25) is 43.6 Å². The summed E-state index contributed by atoms with van der Waals surface area (Å²) in [6, 6.07) is -6.32. The summed E-state index contributed by atoms with van der Waals surface area (Å²) in [6.07, 6.45) is 1.84. The maximum absolute atomic E-state index is 13.3. The molecule has 1 aromatic heterocycles. The van der Waals surface area contributed by atoms with Gasteiger partial charge in [-0.1, -0.05) is 0 Å². The van der Waals surface area contributed by atoms with Crippen molar-refractivity contribution < 1.29 is 48.7 Å². The summed E-state index contributed by atoms with van der Waals surface area (Å²) in [6.45, 7) is -2.02. The van der Waals surface area contributed by atoms with Gasteiger partial charge in [0.1, 0.15) is 23.9 Å². The number of nitrogens with zero attached hydrogens (tertiary/aromatic N) is 2. The molecule has 1 saturated heterocycles. The molecule has 43 heavy (non-hydrogen) atoms. The molecule has 0 aromatic carbocycles. The second-order valence-corrected chi connectivity index (χ2v) is 9.63. The minimum Gasteiger partial charge on any atom is -0.394 e. The van der Waals surface area contributed by atoms with Gasteiger partial charge in [0, 0.05) is 30.5 Å². The molecule has 7 amide bonds. The molecule has 2 rings (SSSR count). The molecule has 0 unspecified atom stereocenters. The number of hydrogen-bond acceptors (Lipinski definition) is 12. The third-order valence-corrected chi connectivity index (χ3v) is 6.23. The first-order valence-electron chi connectivity index (χ1n) is 12.8. The molecule has 9 N–H and O–H groups in total. The van der Waals surface area contributed by atoms with Gasteiger partial charge in [-0.2, -0.15) is 12.6 Å². The highest BCUT2D eigenvalue weighted by molar-refractivity contribution is 7.80. The van der Waals surface area contributed by atoms with E-state index in [1.807, 2.05) is 0 Å². The zero-order valence-electron chi connectivity index (χ0n) is 22.9. The van der Waals surface area contributed by atoms with Gasteiger partial charge >= 0.3 is 0 Å². The second-order valence-electron chi connectivity index (χ2n) is 9.26. The van der Waals surface area contributed by atoms with E-state index in [9.17, 15) is 48.7 Å². The first-order chi connectivity index (χ1) is 20.4. The average Bonchev–Trinajstić information content (AvgIpc) is 3.48. The number of aromatic nitrogens is 2. The smallest absolute Gasteiger partial charge is 0.269 e. The van der Waals surface area contributed by atoms with Crippen LogP contribution in [0.5, 0.6) is 0 Å². The predicted molar refractivity (Wildman–Crippen MR) is 146 cm³/mol. The number of aliphatic hydroxyl groups is 1. The Kier molecular flexibility index (Phi) is 13.5. The van der Waals surface area contributed by atoms with Crippen LogP contribution in [0.3, 0.4) is 0 Å². The SMILES string of the molecule is CC(=O)C[C@@H]1NC(=O)[C@H](Cc2cnc[nH]2)NC(=O)CNC(=O)[C@H](CS)NC(=O)CNC(=O)CNC(=O)[C@H](CO)N(O)C1=O. The highest BCUT2D eigenvalue weighted by atomic mass is 32.1. The van der Waals surface area contributed by atoms with Gasteiger partial charge in [0.2, 0.25) is 35.4 Å².